The number of aldehydes is 1. The van der Waals surface area contributed by atoms with Crippen LogP contribution in [-0.2, 0) is 22.4 Å². The molecule has 2 heterocycles. The molecular formula is C20H19F2N3O3S. The van der Waals surface area contributed by atoms with Crippen molar-refractivity contribution >= 4 is 28.5 Å². The van der Waals surface area contributed by atoms with Crippen LogP contribution < -0.4 is 5.32 Å². The largest absolute Gasteiger partial charge is 0.334 e. The minimum absolute atomic E-state index is 0.188. The maximum absolute atomic E-state index is 14.0. The Hall–Kier alpha value is -2.42. The van der Waals surface area contributed by atoms with Crippen molar-refractivity contribution < 1.29 is 22.9 Å². The van der Waals surface area contributed by atoms with Gasteiger partial charge in [-0.1, -0.05) is 5.16 Å². The van der Waals surface area contributed by atoms with Crippen molar-refractivity contribution in [1.82, 2.24) is 10.1 Å². The maximum Gasteiger partial charge on any atom is 0.261 e. The van der Waals surface area contributed by atoms with Crippen LogP contribution in [0.3, 0.4) is 0 Å². The molecule has 0 aromatic carbocycles. The lowest BCUT2D eigenvalue weighted by Crippen LogP contribution is -2.24. The number of aromatic nitrogens is 2. The topological polar surface area (TPSA) is 85.1 Å². The molecule has 6 nitrogen and oxygen atoms in total. The first kappa shape index (κ1) is 18.6. The zero-order valence-electron chi connectivity index (χ0n) is 15.6. The molecule has 1 fully saturated rings. The molecule has 152 valence electrons. The Balaban J connectivity index is 1.54. The first-order valence-corrected chi connectivity index (χ1v) is 10.6. The summed E-state index contributed by atoms with van der Waals surface area (Å²) >= 11 is 1.14. The number of halogens is 2. The zero-order valence-corrected chi connectivity index (χ0v) is 16.4. The standard InChI is InChI=1S/C20H19F2N3O3S/c21-20(22)7-6-13-14(8-20)29-19(24-17(27)12-3-1-2-11(12)9-26)15(13)18-23-16(25-28-18)10-4-5-10/h9-10H,1-8H2,(H,24,27). The molecule has 0 atom stereocenters. The average molecular weight is 419 g/mol. The highest BCUT2D eigenvalue weighted by molar-refractivity contribution is 7.17. The fourth-order valence-electron chi connectivity index (χ4n) is 4.04. The predicted octanol–water partition coefficient (Wildman–Crippen LogP) is 4.42. The third-order valence-electron chi connectivity index (χ3n) is 5.75. The van der Waals surface area contributed by atoms with Gasteiger partial charge in [-0.25, -0.2) is 8.78 Å². The van der Waals surface area contributed by atoms with Crippen LogP contribution in [0.15, 0.2) is 15.7 Å². The van der Waals surface area contributed by atoms with E-state index in [2.05, 4.69) is 15.5 Å². The summed E-state index contributed by atoms with van der Waals surface area (Å²) in [5.74, 6) is -1.94. The van der Waals surface area contributed by atoms with Gasteiger partial charge in [0.1, 0.15) is 11.3 Å². The monoisotopic (exact) mass is 419 g/mol. The van der Waals surface area contributed by atoms with Gasteiger partial charge in [-0.05, 0) is 44.1 Å². The van der Waals surface area contributed by atoms with E-state index in [4.69, 9.17) is 4.52 Å². The van der Waals surface area contributed by atoms with Crippen molar-refractivity contribution in [1.29, 1.82) is 0 Å². The highest BCUT2D eigenvalue weighted by Crippen LogP contribution is 2.48. The Morgan fingerprint density at radius 2 is 2.10 bits per heavy atom. The molecular weight excluding hydrogens is 400 g/mol. The van der Waals surface area contributed by atoms with Gasteiger partial charge in [0.25, 0.3) is 17.7 Å². The second-order valence-corrected chi connectivity index (χ2v) is 9.01. The van der Waals surface area contributed by atoms with Gasteiger partial charge in [-0.3, -0.25) is 9.59 Å². The lowest BCUT2D eigenvalue weighted by Gasteiger charge is -2.21. The number of hydrogen-bond donors (Lipinski definition) is 1. The van der Waals surface area contributed by atoms with Crippen LogP contribution in [0.4, 0.5) is 13.8 Å². The predicted molar refractivity (Wildman–Crippen MR) is 102 cm³/mol. The first-order valence-electron chi connectivity index (χ1n) is 9.80. The third kappa shape index (κ3) is 3.41. The molecule has 3 aliphatic carbocycles. The molecule has 2 aromatic rings. The van der Waals surface area contributed by atoms with Gasteiger partial charge < -0.3 is 9.84 Å². The van der Waals surface area contributed by atoms with Crippen molar-refractivity contribution in [2.45, 2.75) is 63.2 Å². The van der Waals surface area contributed by atoms with E-state index in [1.54, 1.807) is 0 Å². The third-order valence-corrected chi connectivity index (χ3v) is 6.90. The van der Waals surface area contributed by atoms with Gasteiger partial charge in [0.15, 0.2) is 5.82 Å². The molecule has 0 saturated heterocycles. The van der Waals surface area contributed by atoms with Gasteiger partial charge in [-0.2, -0.15) is 4.98 Å². The van der Waals surface area contributed by atoms with Crippen LogP contribution in [0.2, 0.25) is 0 Å². The van der Waals surface area contributed by atoms with E-state index in [-0.39, 0.29) is 31.1 Å². The number of carbonyl (C=O) groups excluding carboxylic acids is 2. The molecule has 1 amide bonds. The number of fused-ring (bicyclic) bond motifs is 1. The number of rotatable bonds is 5. The number of carbonyl (C=O) groups is 2. The molecule has 0 unspecified atom stereocenters. The summed E-state index contributed by atoms with van der Waals surface area (Å²) in [5.41, 5.74) is 2.27. The van der Waals surface area contributed by atoms with Crippen LogP contribution >= 0.6 is 11.3 Å². The SMILES string of the molecule is O=CC1=C(C(=O)Nc2sc3c(c2-c2nc(C4CC4)no2)CCC(F)(F)C3)CCC1. The molecule has 9 heteroatoms. The van der Waals surface area contributed by atoms with Crippen LogP contribution in [0.25, 0.3) is 11.5 Å². The Labute approximate surface area is 169 Å². The maximum atomic E-state index is 14.0. The Bertz CT molecular complexity index is 1040. The summed E-state index contributed by atoms with van der Waals surface area (Å²) in [4.78, 5) is 29.0. The Kier molecular flexibility index (Phi) is 4.38. The quantitative estimate of drug-likeness (QED) is 0.726. The van der Waals surface area contributed by atoms with E-state index < -0.39 is 5.92 Å². The number of thiophene rings is 1. The van der Waals surface area contributed by atoms with Crippen LogP contribution in [-0.4, -0.2) is 28.3 Å². The van der Waals surface area contributed by atoms with Crippen molar-refractivity contribution in [3.8, 4) is 11.5 Å². The molecule has 5 rings (SSSR count). The molecule has 29 heavy (non-hydrogen) atoms. The van der Waals surface area contributed by atoms with Gasteiger partial charge in [0, 0.05) is 34.8 Å². The lowest BCUT2D eigenvalue weighted by molar-refractivity contribution is -0.113. The second kappa shape index (κ2) is 6.83. The number of allylic oxidation sites excluding steroid dienone is 1. The van der Waals surface area contributed by atoms with Crippen LogP contribution in [0, 0.1) is 0 Å². The van der Waals surface area contributed by atoms with Gasteiger partial charge in [0.05, 0.1) is 5.56 Å². The molecule has 1 N–H and O–H groups in total. The molecule has 1 saturated carbocycles. The number of hydrogen-bond acceptors (Lipinski definition) is 6. The Morgan fingerprint density at radius 1 is 1.28 bits per heavy atom. The van der Waals surface area contributed by atoms with Gasteiger partial charge >= 0.3 is 0 Å². The lowest BCUT2D eigenvalue weighted by atomic mass is 9.92. The summed E-state index contributed by atoms with van der Waals surface area (Å²) in [6.07, 6.45) is 4.20. The highest BCUT2D eigenvalue weighted by Gasteiger charge is 2.39. The fraction of sp³-hybridized carbons (Fsp3) is 0.500. The van der Waals surface area contributed by atoms with Crippen LogP contribution in [0.5, 0.6) is 0 Å². The minimum Gasteiger partial charge on any atom is -0.334 e. The van der Waals surface area contributed by atoms with E-state index in [1.165, 1.54) is 0 Å². The molecule has 0 aliphatic heterocycles. The summed E-state index contributed by atoms with van der Waals surface area (Å²) in [6, 6.07) is 0. The number of anilines is 1. The van der Waals surface area contributed by atoms with E-state index in [0.717, 1.165) is 42.4 Å². The van der Waals surface area contributed by atoms with Crippen molar-refractivity contribution in [2.24, 2.45) is 0 Å². The smallest absolute Gasteiger partial charge is 0.261 e. The molecule has 0 bridgehead atoms. The summed E-state index contributed by atoms with van der Waals surface area (Å²) in [7, 11) is 0. The normalized spacial score (nSPS) is 20.6. The average Bonchev–Trinajstić information content (AvgIpc) is 3.11. The fourth-order valence-corrected chi connectivity index (χ4v) is 5.36. The summed E-state index contributed by atoms with van der Waals surface area (Å²) in [5, 5.41) is 7.32. The number of amides is 1. The molecule has 3 aliphatic rings. The second-order valence-electron chi connectivity index (χ2n) is 7.90. The molecule has 0 spiro atoms. The first-order chi connectivity index (χ1) is 13.9. The minimum atomic E-state index is -2.76. The van der Waals surface area contributed by atoms with Gasteiger partial charge in [-0.15, -0.1) is 11.3 Å². The molecule has 0 radical (unpaired) electrons. The van der Waals surface area contributed by atoms with Gasteiger partial charge in [0.2, 0.25) is 0 Å². The summed E-state index contributed by atoms with van der Waals surface area (Å²) < 4.78 is 33.4. The highest BCUT2D eigenvalue weighted by atomic mass is 32.1. The molecule has 2 aromatic heterocycles. The van der Waals surface area contributed by atoms with E-state index >= 15 is 0 Å². The number of nitrogens with one attached hydrogen (secondary N) is 1. The van der Waals surface area contributed by atoms with Crippen molar-refractivity contribution in [3.05, 3.63) is 27.4 Å². The van der Waals surface area contributed by atoms with Crippen molar-refractivity contribution in [2.75, 3.05) is 5.32 Å². The number of alkyl halides is 2. The van der Waals surface area contributed by atoms with Crippen LogP contribution in [0.1, 0.15) is 60.7 Å². The number of nitrogens with zero attached hydrogens (tertiary/aromatic N) is 2. The van der Waals surface area contributed by atoms with E-state index in [1.807, 2.05) is 0 Å². The summed E-state index contributed by atoms with van der Waals surface area (Å²) in [6.45, 7) is 0. The Morgan fingerprint density at radius 3 is 2.86 bits per heavy atom. The van der Waals surface area contributed by atoms with E-state index in [9.17, 15) is 18.4 Å². The zero-order chi connectivity index (χ0) is 20.2. The van der Waals surface area contributed by atoms with Crippen molar-refractivity contribution in [3.63, 3.8) is 0 Å². The van der Waals surface area contributed by atoms with E-state index in [0.29, 0.717) is 51.2 Å².